The number of carboxylic acid groups (broad SMARTS) is 1. The molecule has 0 aliphatic rings. The fourth-order valence-corrected chi connectivity index (χ4v) is 3.70. The number of carbonyl (C=O) groups is 3. The van der Waals surface area contributed by atoms with Crippen LogP contribution in [-0.4, -0.2) is 63.7 Å². The Kier molecular flexibility index (Phi) is 9.69. The van der Waals surface area contributed by atoms with Crippen LogP contribution in [0.15, 0.2) is 42.7 Å². The second-order valence-electron chi connectivity index (χ2n) is 10.3. The molecule has 2 N–H and O–H groups in total. The van der Waals surface area contributed by atoms with Gasteiger partial charge < -0.3 is 20.1 Å². The van der Waals surface area contributed by atoms with Crippen molar-refractivity contribution in [1.82, 2.24) is 15.2 Å². The number of nitrogens with one attached hydrogen (secondary N) is 1. The van der Waals surface area contributed by atoms with E-state index < -0.39 is 11.6 Å². The van der Waals surface area contributed by atoms with Crippen molar-refractivity contribution in [3.63, 3.8) is 0 Å². The van der Waals surface area contributed by atoms with E-state index in [0.717, 1.165) is 4.90 Å². The SMILES string of the molecule is CC(C)(C)NC(=O)CCN(C(=O)c1cc(Cl)cc(OCCN(C(=O)O)c2ccncc2)c1)C(C)(C)C. The molecule has 0 radical (unpaired) electrons. The molecule has 2 aromatic rings. The van der Waals surface area contributed by atoms with Crippen LogP contribution in [0.1, 0.15) is 58.3 Å². The molecule has 0 saturated carbocycles. The van der Waals surface area contributed by atoms with Crippen LogP contribution in [0.3, 0.4) is 0 Å². The van der Waals surface area contributed by atoms with Crippen LogP contribution in [0.2, 0.25) is 5.02 Å². The molecule has 0 saturated heterocycles. The Morgan fingerprint density at radius 1 is 1.03 bits per heavy atom. The second kappa shape index (κ2) is 12.1. The fraction of sp³-hybridized carbons (Fsp3) is 0.462. The molecule has 196 valence electrons. The largest absolute Gasteiger partial charge is 0.492 e. The van der Waals surface area contributed by atoms with Gasteiger partial charge >= 0.3 is 6.09 Å². The predicted molar refractivity (Wildman–Crippen MR) is 140 cm³/mol. The molecule has 9 nitrogen and oxygen atoms in total. The number of halogens is 1. The van der Waals surface area contributed by atoms with Crippen LogP contribution < -0.4 is 15.0 Å². The van der Waals surface area contributed by atoms with E-state index in [2.05, 4.69) is 10.3 Å². The number of hydrogen-bond acceptors (Lipinski definition) is 5. The van der Waals surface area contributed by atoms with Crippen molar-refractivity contribution < 1.29 is 24.2 Å². The number of hydrogen-bond donors (Lipinski definition) is 2. The number of benzene rings is 1. The van der Waals surface area contributed by atoms with Gasteiger partial charge in [-0.05, 0) is 71.9 Å². The molecule has 0 aliphatic carbocycles. The summed E-state index contributed by atoms with van der Waals surface area (Å²) >= 11 is 6.27. The minimum Gasteiger partial charge on any atom is -0.492 e. The summed E-state index contributed by atoms with van der Waals surface area (Å²) in [7, 11) is 0. The smallest absolute Gasteiger partial charge is 0.411 e. The van der Waals surface area contributed by atoms with Gasteiger partial charge in [0.15, 0.2) is 0 Å². The van der Waals surface area contributed by atoms with Gasteiger partial charge in [-0.15, -0.1) is 0 Å². The molecule has 3 amide bonds. The second-order valence-corrected chi connectivity index (χ2v) is 10.8. The highest BCUT2D eigenvalue weighted by Gasteiger charge is 2.29. The zero-order chi connectivity index (χ0) is 27.1. The highest BCUT2D eigenvalue weighted by Crippen LogP contribution is 2.25. The first-order chi connectivity index (χ1) is 16.7. The lowest BCUT2D eigenvalue weighted by Gasteiger charge is -2.36. The molecular weight excluding hydrogens is 484 g/mol. The molecule has 0 bridgehead atoms. The van der Waals surface area contributed by atoms with Gasteiger partial charge in [0, 0.05) is 47.0 Å². The highest BCUT2D eigenvalue weighted by molar-refractivity contribution is 6.31. The summed E-state index contributed by atoms with van der Waals surface area (Å²) in [5.74, 6) is -0.0931. The molecule has 2 rings (SSSR count). The standard InChI is InChI=1S/C26H35ClN4O5/c1-25(2,3)29-22(32)9-12-31(26(4,5)6)23(33)18-15-19(27)17-21(16-18)36-14-13-30(24(34)35)20-7-10-28-11-8-20/h7-8,10-11,15-17H,9,12-14H2,1-6H3,(H,29,32)(H,34,35). The van der Waals surface area contributed by atoms with Gasteiger partial charge in [-0.25, -0.2) is 4.79 Å². The van der Waals surface area contributed by atoms with E-state index >= 15 is 0 Å². The van der Waals surface area contributed by atoms with E-state index in [4.69, 9.17) is 16.3 Å². The van der Waals surface area contributed by atoms with E-state index in [1.165, 1.54) is 12.4 Å². The third-order valence-electron chi connectivity index (χ3n) is 5.04. The van der Waals surface area contributed by atoms with Crippen molar-refractivity contribution in [1.29, 1.82) is 0 Å². The molecule has 1 aromatic heterocycles. The van der Waals surface area contributed by atoms with Crippen LogP contribution in [0.4, 0.5) is 10.5 Å². The van der Waals surface area contributed by atoms with Crippen molar-refractivity contribution in [2.24, 2.45) is 0 Å². The summed E-state index contributed by atoms with van der Waals surface area (Å²) in [6.45, 7) is 11.7. The molecule has 36 heavy (non-hydrogen) atoms. The third-order valence-corrected chi connectivity index (χ3v) is 5.26. The number of amides is 3. The number of ether oxygens (including phenoxy) is 1. The Hall–Kier alpha value is -3.33. The summed E-state index contributed by atoms with van der Waals surface area (Å²) in [5, 5.41) is 12.7. The Morgan fingerprint density at radius 2 is 1.67 bits per heavy atom. The van der Waals surface area contributed by atoms with Gasteiger partial charge in [0.25, 0.3) is 5.91 Å². The topological polar surface area (TPSA) is 112 Å². The minimum atomic E-state index is -1.12. The molecule has 0 fully saturated rings. The third kappa shape index (κ3) is 9.03. The van der Waals surface area contributed by atoms with E-state index in [-0.39, 0.29) is 43.5 Å². The van der Waals surface area contributed by atoms with Crippen LogP contribution in [0.25, 0.3) is 0 Å². The maximum atomic E-state index is 13.4. The first kappa shape index (κ1) is 28.9. The van der Waals surface area contributed by atoms with E-state index in [0.29, 0.717) is 22.0 Å². The molecule has 0 aliphatic heterocycles. The first-order valence-corrected chi connectivity index (χ1v) is 12.0. The van der Waals surface area contributed by atoms with Gasteiger partial charge in [-0.2, -0.15) is 0 Å². The number of carbonyl (C=O) groups excluding carboxylic acids is 2. The number of anilines is 1. The van der Waals surface area contributed by atoms with Crippen LogP contribution in [-0.2, 0) is 4.79 Å². The summed E-state index contributed by atoms with van der Waals surface area (Å²) < 4.78 is 5.76. The molecule has 1 aromatic carbocycles. The van der Waals surface area contributed by atoms with E-state index in [1.807, 2.05) is 41.5 Å². The summed E-state index contributed by atoms with van der Waals surface area (Å²) in [5.41, 5.74) is -0.123. The van der Waals surface area contributed by atoms with Crippen molar-refractivity contribution in [2.45, 2.75) is 59.0 Å². The lowest BCUT2D eigenvalue weighted by Crippen LogP contribution is -2.48. The van der Waals surface area contributed by atoms with Gasteiger partial charge in [-0.1, -0.05) is 11.6 Å². The molecule has 1 heterocycles. The molecule has 0 spiro atoms. The average Bonchev–Trinajstić information content (AvgIpc) is 2.74. The van der Waals surface area contributed by atoms with E-state index in [9.17, 15) is 19.5 Å². The van der Waals surface area contributed by atoms with Crippen LogP contribution in [0, 0.1) is 0 Å². The number of aromatic nitrogens is 1. The fourth-order valence-electron chi connectivity index (χ4n) is 3.48. The van der Waals surface area contributed by atoms with Gasteiger partial charge in [0.1, 0.15) is 12.4 Å². The Morgan fingerprint density at radius 3 is 2.22 bits per heavy atom. The molecule has 0 atom stereocenters. The maximum absolute atomic E-state index is 13.4. The monoisotopic (exact) mass is 518 g/mol. The first-order valence-electron chi connectivity index (χ1n) is 11.6. The van der Waals surface area contributed by atoms with E-state index in [1.54, 1.807) is 35.2 Å². The Bertz CT molecular complexity index is 1060. The molecule has 0 unspecified atom stereocenters. The van der Waals surface area contributed by atoms with Crippen LogP contribution in [0.5, 0.6) is 5.75 Å². The Balaban J connectivity index is 2.13. The van der Waals surface area contributed by atoms with Gasteiger partial charge in [-0.3, -0.25) is 19.5 Å². The predicted octanol–water partition coefficient (Wildman–Crippen LogP) is 4.84. The van der Waals surface area contributed by atoms with Crippen LogP contribution >= 0.6 is 11.6 Å². The summed E-state index contributed by atoms with van der Waals surface area (Å²) in [6.07, 6.45) is 2.05. The minimum absolute atomic E-state index is 0.0402. The maximum Gasteiger partial charge on any atom is 0.411 e. The van der Waals surface area contributed by atoms with Gasteiger partial charge in [0.2, 0.25) is 5.91 Å². The van der Waals surface area contributed by atoms with Gasteiger partial charge in [0.05, 0.1) is 12.2 Å². The highest BCUT2D eigenvalue weighted by atomic mass is 35.5. The molecular formula is C26H35ClN4O5. The zero-order valence-electron chi connectivity index (χ0n) is 21.7. The zero-order valence-corrected chi connectivity index (χ0v) is 22.4. The summed E-state index contributed by atoms with van der Waals surface area (Å²) in [6, 6.07) is 7.86. The normalized spacial score (nSPS) is 11.5. The summed E-state index contributed by atoms with van der Waals surface area (Å²) in [4.78, 5) is 44.1. The lowest BCUT2D eigenvalue weighted by atomic mass is 10.0. The van der Waals surface area contributed by atoms with Crippen molar-refractivity contribution in [2.75, 3.05) is 24.6 Å². The number of pyridine rings is 1. The Labute approximate surface area is 217 Å². The molecule has 10 heteroatoms. The van der Waals surface area contributed by atoms with Crippen molar-refractivity contribution >= 4 is 35.2 Å². The number of nitrogens with zero attached hydrogens (tertiary/aromatic N) is 3. The van der Waals surface area contributed by atoms with Crippen molar-refractivity contribution in [3.8, 4) is 5.75 Å². The lowest BCUT2D eigenvalue weighted by molar-refractivity contribution is -0.122. The quantitative estimate of drug-likeness (QED) is 0.491. The average molecular weight is 519 g/mol. The van der Waals surface area contributed by atoms with Crippen molar-refractivity contribution in [3.05, 3.63) is 53.3 Å². The number of rotatable bonds is 9.